The van der Waals surface area contributed by atoms with Gasteiger partial charge in [-0.2, -0.15) is 5.26 Å². The predicted molar refractivity (Wildman–Crippen MR) is 98.4 cm³/mol. The minimum Gasteiger partial charge on any atom is -0.508 e. The quantitative estimate of drug-likeness (QED) is 0.668. The second-order valence-corrected chi connectivity index (χ2v) is 6.74. The molecule has 2 aromatic heterocycles. The van der Waals surface area contributed by atoms with Crippen LogP contribution in [-0.2, 0) is 12.8 Å². The zero-order valence-corrected chi connectivity index (χ0v) is 14.3. The van der Waals surface area contributed by atoms with E-state index < -0.39 is 0 Å². The Morgan fingerprint density at radius 2 is 2.20 bits per heavy atom. The summed E-state index contributed by atoms with van der Waals surface area (Å²) in [7, 11) is 1.86. The molecule has 1 aliphatic carbocycles. The number of nitrogens with zero attached hydrogens (tertiary/aromatic N) is 3. The molecule has 3 aromatic rings. The van der Waals surface area contributed by atoms with Crippen molar-refractivity contribution in [1.82, 2.24) is 9.97 Å². The maximum atomic E-state index is 9.59. The van der Waals surface area contributed by atoms with Crippen LogP contribution in [0.5, 0.6) is 5.75 Å². The van der Waals surface area contributed by atoms with Crippen LogP contribution in [0.15, 0.2) is 30.5 Å². The van der Waals surface area contributed by atoms with Gasteiger partial charge in [-0.15, -0.1) is 11.3 Å². The Morgan fingerprint density at radius 3 is 2.96 bits per heavy atom. The summed E-state index contributed by atoms with van der Waals surface area (Å²) in [5, 5.41) is 26.2. The largest absolute Gasteiger partial charge is 0.508 e. The third-order valence-electron chi connectivity index (χ3n) is 4.18. The Morgan fingerprint density at radius 1 is 1.32 bits per heavy atom. The van der Waals surface area contributed by atoms with Gasteiger partial charge in [-0.3, -0.25) is 0 Å². The van der Waals surface area contributed by atoms with E-state index in [-0.39, 0.29) is 5.75 Å². The van der Waals surface area contributed by atoms with Crippen molar-refractivity contribution in [2.75, 3.05) is 17.7 Å². The van der Waals surface area contributed by atoms with Gasteiger partial charge in [-0.25, -0.2) is 9.97 Å². The van der Waals surface area contributed by atoms with Crippen LogP contribution in [0, 0.1) is 11.3 Å². The van der Waals surface area contributed by atoms with Crippen LogP contribution in [0.25, 0.3) is 11.3 Å². The summed E-state index contributed by atoms with van der Waals surface area (Å²) >= 11 is 1.46. The Balaban J connectivity index is 1.79. The number of aromatic hydroxyl groups is 1. The number of nitrogens with one attached hydrogen (secondary N) is 2. The highest BCUT2D eigenvalue weighted by Gasteiger charge is 2.26. The van der Waals surface area contributed by atoms with Crippen molar-refractivity contribution >= 4 is 28.0 Å². The van der Waals surface area contributed by atoms with E-state index in [1.165, 1.54) is 11.3 Å². The fourth-order valence-corrected chi connectivity index (χ4v) is 4.06. The lowest BCUT2D eigenvalue weighted by Gasteiger charge is -2.18. The van der Waals surface area contributed by atoms with Gasteiger partial charge in [0.2, 0.25) is 5.95 Å². The Kier molecular flexibility index (Phi) is 3.75. The molecule has 0 bridgehead atoms. The first-order valence-electron chi connectivity index (χ1n) is 7.85. The van der Waals surface area contributed by atoms with Crippen LogP contribution in [0.1, 0.15) is 16.0 Å². The smallest absolute Gasteiger partial charge is 0.227 e. The zero-order chi connectivity index (χ0) is 17.4. The first-order chi connectivity index (χ1) is 12.2. The van der Waals surface area contributed by atoms with Gasteiger partial charge in [0.1, 0.15) is 16.7 Å². The second kappa shape index (κ2) is 6.07. The van der Waals surface area contributed by atoms with Crippen LogP contribution in [0.4, 0.5) is 16.6 Å². The van der Waals surface area contributed by atoms with Gasteiger partial charge < -0.3 is 15.7 Å². The molecule has 0 amide bonds. The number of benzene rings is 1. The third kappa shape index (κ3) is 2.66. The molecule has 0 saturated carbocycles. The number of anilines is 3. The van der Waals surface area contributed by atoms with Crippen LogP contribution in [0.3, 0.4) is 0 Å². The average molecular weight is 349 g/mol. The van der Waals surface area contributed by atoms with Crippen LogP contribution < -0.4 is 10.6 Å². The number of hydrogen-bond acceptors (Lipinski definition) is 7. The number of rotatable bonds is 3. The van der Waals surface area contributed by atoms with Crippen LogP contribution >= 0.6 is 11.3 Å². The lowest BCUT2D eigenvalue weighted by Crippen LogP contribution is -2.09. The monoisotopic (exact) mass is 349 g/mol. The summed E-state index contributed by atoms with van der Waals surface area (Å²) in [5.41, 5.74) is 4.72. The number of nitriles is 1. The summed E-state index contributed by atoms with van der Waals surface area (Å²) in [5.74, 6) is 0.642. The molecule has 4 rings (SSSR count). The molecule has 0 fully saturated rings. The van der Waals surface area contributed by atoms with Crippen molar-refractivity contribution in [1.29, 1.82) is 5.26 Å². The summed E-state index contributed by atoms with van der Waals surface area (Å²) in [6.07, 6.45) is 3.48. The van der Waals surface area contributed by atoms with Crippen molar-refractivity contribution in [3.63, 3.8) is 0 Å². The molecular weight excluding hydrogens is 334 g/mol. The minimum atomic E-state index is 0.180. The van der Waals surface area contributed by atoms with Gasteiger partial charge >= 0.3 is 0 Å². The molecule has 1 aromatic carbocycles. The summed E-state index contributed by atoms with van der Waals surface area (Å²) in [4.78, 5) is 9.82. The molecule has 2 heterocycles. The molecule has 124 valence electrons. The van der Waals surface area contributed by atoms with Gasteiger partial charge in [0.05, 0.1) is 10.7 Å². The molecule has 0 spiro atoms. The van der Waals surface area contributed by atoms with E-state index in [2.05, 4.69) is 26.7 Å². The fourth-order valence-electron chi connectivity index (χ4n) is 3.06. The van der Waals surface area contributed by atoms with Crippen LogP contribution in [-0.4, -0.2) is 22.1 Å². The van der Waals surface area contributed by atoms with Crippen LogP contribution in [0.2, 0.25) is 0 Å². The Bertz CT molecular complexity index is 1010. The van der Waals surface area contributed by atoms with Gasteiger partial charge in [0.25, 0.3) is 0 Å². The summed E-state index contributed by atoms with van der Waals surface area (Å²) < 4.78 is 0. The van der Waals surface area contributed by atoms with Crippen molar-refractivity contribution in [3.8, 4) is 23.1 Å². The van der Waals surface area contributed by atoms with E-state index in [0.717, 1.165) is 45.1 Å². The van der Waals surface area contributed by atoms with Gasteiger partial charge in [0.15, 0.2) is 0 Å². The lowest BCUT2D eigenvalue weighted by atomic mass is 9.91. The molecule has 6 nitrogen and oxygen atoms in total. The maximum Gasteiger partial charge on any atom is 0.227 e. The minimum absolute atomic E-state index is 0.180. The normalized spacial score (nSPS) is 12.0. The fraction of sp³-hybridized carbons (Fsp3) is 0.167. The second-order valence-electron chi connectivity index (χ2n) is 5.72. The number of hydrogen-bond donors (Lipinski definition) is 3. The molecule has 0 radical (unpaired) electrons. The van der Waals surface area contributed by atoms with E-state index in [1.807, 2.05) is 19.3 Å². The number of thiophene rings is 1. The zero-order valence-electron chi connectivity index (χ0n) is 13.5. The predicted octanol–water partition coefficient (Wildman–Crippen LogP) is 3.67. The SMILES string of the molecule is CNc1sc(C#N)c2c1-c1nc(Nc3cccc(O)c3)ncc1CC2. The number of aromatic nitrogens is 2. The Hall–Kier alpha value is -3.11. The highest BCUT2D eigenvalue weighted by Crippen LogP contribution is 2.44. The summed E-state index contributed by atoms with van der Waals surface area (Å²) in [6, 6.07) is 9.11. The molecule has 25 heavy (non-hydrogen) atoms. The number of phenolic OH excluding ortho intramolecular Hbond substituents is 1. The van der Waals surface area contributed by atoms with E-state index in [1.54, 1.807) is 18.2 Å². The topological polar surface area (TPSA) is 93.9 Å². The molecule has 0 aliphatic heterocycles. The molecule has 7 heteroatoms. The highest BCUT2D eigenvalue weighted by atomic mass is 32.1. The lowest BCUT2D eigenvalue weighted by molar-refractivity contribution is 0.475. The molecule has 0 unspecified atom stereocenters. The first kappa shape index (κ1) is 15.4. The Labute approximate surface area is 148 Å². The standard InChI is InChI=1S/C18H15N5OS/c1-20-17-15-13(14(8-19)25-17)6-5-10-9-21-18(23-16(10)15)22-11-3-2-4-12(24)7-11/h2-4,7,9,20,24H,5-6H2,1H3,(H,21,22,23). The molecule has 0 atom stereocenters. The first-order valence-corrected chi connectivity index (χ1v) is 8.67. The number of phenols is 1. The average Bonchev–Trinajstić information content (AvgIpc) is 3.00. The van der Waals surface area contributed by atoms with Gasteiger partial charge in [-0.1, -0.05) is 6.07 Å². The van der Waals surface area contributed by atoms with E-state index in [0.29, 0.717) is 11.6 Å². The number of aryl methyl sites for hydroxylation is 1. The van der Waals surface area contributed by atoms with Gasteiger partial charge in [0, 0.05) is 30.6 Å². The van der Waals surface area contributed by atoms with E-state index in [4.69, 9.17) is 0 Å². The molecule has 0 saturated heterocycles. The highest BCUT2D eigenvalue weighted by molar-refractivity contribution is 7.17. The van der Waals surface area contributed by atoms with Crippen molar-refractivity contribution in [2.45, 2.75) is 12.8 Å². The van der Waals surface area contributed by atoms with Crippen molar-refractivity contribution in [3.05, 3.63) is 46.5 Å². The van der Waals surface area contributed by atoms with Crippen molar-refractivity contribution in [2.24, 2.45) is 0 Å². The third-order valence-corrected chi connectivity index (χ3v) is 5.34. The molecular formula is C18H15N5OS. The summed E-state index contributed by atoms with van der Waals surface area (Å²) in [6.45, 7) is 0. The van der Waals surface area contributed by atoms with E-state index in [9.17, 15) is 10.4 Å². The van der Waals surface area contributed by atoms with E-state index >= 15 is 0 Å². The maximum absolute atomic E-state index is 9.59. The molecule has 3 N–H and O–H groups in total. The molecule has 1 aliphatic rings. The van der Waals surface area contributed by atoms with Gasteiger partial charge in [-0.05, 0) is 36.1 Å². The number of fused-ring (bicyclic) bond motifs is 3. The van der Waals surface area contributed by atoms with Crippen molar-refractivity contribution < 1.29 is 5.11 Å².